The first-order chi connectivity index (χ1) is 19.8. The van der Waals surface area contributed by atoms with Gasteiger partial charge in [0.05, 0.1) is 11.6 Å². The molecule has 0 fully saturated rings. The zero-order valence-electron chi connectivity index (χ0n) is 22.2. The van der Waals surface area contributed by atoms with Crippen molar-refractivity contribution < 1.29 is 0 Å². The molecule has 40 heavy (non-hydrogen) atoms. The van der Waals surface area contributed by atoms with Gasteiger partial charge < -0.3 is 9.88 Å². The van der Waals surface area contributed by atoms with Gasteiger partial charge in [-0.1, -0.05) is 109 Å². The van der Waals surface area contributed by atoms with Crippen LogP contribution in [-0.2, 0) is 0 Å². The largest absolute Gasteiger partial charge is 0.378 e. The van der Waals surface area contributed by atoms with Crippen molar-refractivity contribution in [2.24, 2.45) is 5.92 Å². The molecular formula is C38H30N2. The van der Waals surface area contributed by atoms with Crippen LogP contribution in [-0.4, -0.2) is 10.6 Å². The molecule has 0 amide bonds. The lowest BCUT2D eigenvalue weighted by molar-refractivity contribution is 0.705. The number of anilines is 1. The molecule has 192 valence electrons. The van der Waals surface area contributed by atoms with Gasteiger partial charge in [-0.05, 0) is 64.6 Å². The average molecular weight is 515 g/mol. The fraction of sp³-hybridized carbons (Fsp3) is 0.105. The standard InChI is InChI=1S/C38H30N2/c1-3-12-26(13-4-1)34(24-27-25-40(28-14-5-2-6-15-28)37-21-10-8-16-29(27)37)30-18-11-19-32-31(30)22-23-36-38(32)33-17-7-9-20-35(33)39-36/h1-17,19-25,30,36,38-39H,18H2/b34-24+. The molecule has 2 aliphatic carbocycles. The average Bonchev–Trinajstić information content (AvgIpc) is 3.59. The van der Waals surface area contributed by atoms with Crippen LogP contribution >= 0.6 is 0 Å². The Morgan fingerprint density at radius 1 is 0.750 bits per heavy atom. The first kappa shape index (κ1) is 23.1. The molecule has 0 bridgehead atoms. The van der Waals surface area contributed by atoms with Crippen molar-refractivity contribution in [3.63, 3.8) is 0 Å². The van der Waals surface area contributed by atoms with Crippen molar-refractivity contribution in [3.8, 4) is 5.69 Å². The molecule has 1 N–H and O–H groups in total. The second-order valence-corrected chi connectivity index (χ2v) is 11.0. The minimum Gasteiger partial charge on any atom is -0.378 e. The van der Waals surface area contributed by atoms with E-state index in [-0.39, 0.29) is 5.92 Å². The summed E-state index contributed by atoms with van der Waals surface area (Å²) in [5.41, 5.74) is 11.9. The van der Waals surface area contributed by atoms with E-state index in [9.17, 15) is 0 Å². The van der Waals surface area contributed by atoms with E-state index >= 15 is 0 Å². The van der Waals surface area contributed by atoms with E-state index in [0.29, 0.717) is 12.0 Å². The van der Waals surface area contributed by atoms with Crippen LogP contribution in [0.25, 0.3) is 28.2 Å². The Kier molecular flexibility index (Phi) is 5.44. The highest BCUT2D eigenvalue weighted by Crippen LogP contribution is 2.50. The number of aromatic nitrogens is 1. The van der Waals surface area contributed by atoms with Crippen molar-refractivity contribution >= 4 is 28.2 Å². The Bertz CT molecular complexity index is 1850. The van der Waals surface area contributed by atoms with Crippen molar-refractivity contribution in [1.82, 2.24) is 4.57 Å². The molecule has 3 unspecified atom stereocenters. The lowest BCUT2D eigenvalue weighted by Crippen LogP contribution is -2.25. The summed E-state index contributed by atoms with van der Waals surface area (Å²) in [6, 6.07) is 39.5. The van der Waals surface area contributed by atoms with Gasteiger partial charge in [0.2, 0.25) is 0 Å². The van der Waals surface area contributed by atoms with E-state index in [1.807, 2.05) is 0 Å². The molecular weight excluding hydrogens is 484 g/mol. The maximum atomic E-state index is 3.75. The minimum absolute atomic E-state index is 0.284. The Labute approximate surface area is 235 Å². The quantitative estimate of drug-likeness (QED) is 0.253. The molecule has 0 saturated heterocycles. The molecule has 0 saturated carbocycles. The molecule has 2 heteroatoms. The van der Waals surface area contributed by atoms with Crippen LogP contribution in [0.15, 0.2) is 151 Å². The van der Waals surface area contributed by atoms with Crippen molar-refractivity contribution in [2.75, 3.05) is 5.32 Å². The summed E-state index contributed by atoms with van der Waals surface area (Å²) in [5.74, 6) is 0.637. The van der Waals surface area contributed by atoms with Crippen LogP contribution < -0.4 is 5.32 Å². The molecule has 1 aliphatic heterocycles. The van der Waals surface area contributed by atoms with E-state index in [2.05, 4.69) is 156 Å². The van der Waals surface area contributed by atoms with E-state index in [4.69, 9.17) is 0 Å². The number of para-hydroxylation sites is 3. The predicted octanol–water partition coefficient (Wildman–Crippen LogP) is 9.19. The molecule has 3 aliphatic rings. The van der Waals surface area contributed by atoms with Crippen LogP contribution in [0.3, 0.4) is 0 Å². The highest BCUT2D eigenvalue weighted by molar-refractivity contribution is 5.97. The summed E-state index contributed by atoms with van der Waals surface area (Å²) < 4.78 is 2.32. The number of nitrogens with zero attached hydrogens (tertiary/aromatic N) is 1. The lowest BCUT2D eigenvalue weighted by Gasteiger charge is -2.33. The van der Waals surface area contributed by atoms with Gasteiger partial charge in [0.25, 0.3) is 0 Å². The summed E-state index contributed by atoms with van der Waals surface area (Å²) in [6.45, 7) is 0. The predicted molar refractivity (Wildman–Crippen MR) is 168 cm³/mol. The van der Waals surface area contributed by atoms with Gasteiger partial charge in [0, 0.05) is 40.4 Å². The van der Waals surface area contributed by atoms with Crippen LogP contribution in [0.1, 0.15) is 29.0 Å². The molecule has 3 atom stereocenters. The van der Waals surface area contributed by atoms with Gasteiger partial charge in [-0.25, -0.2) is 0 Å². The topological polar surface area (TPSA) is 17.0 Å². The Hall–Kier alpha value is -4.82. The maximum Gasteiger partial charge on any atom is 0.0557 e. The second kappa shape index (κ2) is 9.43. The first-order valence-corrected chi connectivity index (χ1v) is 14.2. The summed E-state index contributed by atoms with van der Waals surface area (Å²) in [4.78, 5) is 0. The lowest BCUT2D eigenvalue weighted by atomic mass is 9.71. The monoisotopic (exact) mass is 514 g/mol. The third kappa shape index (κ3) is 3.71. The van der Waals surface area contributed by atoms with Crippen LogP contribution in [0.5, 0.6) is 0 Å². The van der Waals surface area contributed by atoms with Crippen molar-refractivity contribution in [3.05, 3.63) is 168 Å². The molecule has 4 aromatic carbocycles. The molecule has 8 rings (SSSR count). The summed E-state index contributed by atoms with van der Waals surface area (Å²) >= 11 is 0. The Balaban J connectivity index is 1.30. The fourth-order valence-corrected chi connectivity index (χ4v) is 6.94. The smallest absolute Gasteiger partial charge is 0.0557 e. The normalized spacial score (nSPS) is 21.2. The summed E-state index contributed by atoms with van der Waals surface area (Å²) in [5, 5.41) is 5.02. The van der Waals surface area contributed by atoms with Crippen LogP contribution in [0.2, 0.25) is 0 Å². The highest BCUT2D eigenvalue weighted by atomic mass is 15.0. The van der Waals surface area contributed by atoms with E-state index < -0.39 is 0 Å². The van der Waals surface area contributed by atoms with Crippen molar-refractivity contribution in [2.45, 2.75) is 18.4 Å². The van der Waals surface area contributed by atoms with Gasteiger partial charge in [0.15, 0.2) is 0 Å². The number of hydrogen-bond acceptors (Lipinski definition) is 1. The minimum atomic E-state index is 0.284. The third-order valence-corrected chi connectivity index (χ3v) is 8.74. The fourth-order valence-electron chi connectivity index (χ4n) is 6.94. The number of benzene rings is 4. The number of allylic oxidation sites excluding steroid dienone is 5. The van der Waals surface area contributed by atoms with Crippen LogP contribution in [0, 0.1) is 5.92 Å². The van der Waals surface area contributed by atoms with E-state index in [1.165, 1.54) is 55.7 Å². The molecule has 2 heterocycles. The van der Waals surface area contributed by atoms with E-state index in [1.54, 1.807) is 0 Å². The summed E-state index contributed by atoms with van der Waals surface area (Å²) in [6.07, 6.45) is 15.3. The molecule has 5 aromatic rings. The third-order valence-electron chi connectivity index (χ3n) is 8.74. The molecule has 1 aromatic heterocycles. The number of fused-ring (bicyclic) bond motifs is 5. The van der Waals surface area contributed by atoms with Gasteiger partial charge >= 0.3 is 0 Å². The summed E-state index contributed by atoms with van der Waals surface area (Å²) in [7, 11) is 0. The van der Waals surface area contributed by atoms with Gasteiger partial charge in [0.1, 0.15) is 0 Å². The van der Waals surface area contributed by atoms with Crippen molar-refractivity contribution in [1.29, 1.82) is 0 Å². The number of rotatable bonds is 4. The molecule has 2 nitrogen and oxygen atoms in total. The number of nitrogens with one attached hydrogen (secondary N) is 1. The zero-order chi connectivity index (χ0) is 26.5. The first-order valence-electron chi connectivity index (χ1n) is 14.2. The van der Waals surface area contributed by atoms with Gasteiger partial charge in [-0.2, -0.15) is 0 Å². The zero-order valence-corrected chi connectivity index (χ0v) is 22.2. The Morgan fingerprint density at radius 3 is 2.38 bits per heavy atom. The molecule has 0 radical (unpaired) electrons. The SMILES string of the molecule is C1=CC2=C(C=CC3Nc4ccccc4C23)C(/C(=C/c2cn(-c3ccccc3)c3ccccc23)c2ccccc2)C1. The van der Waals surface area contributed by atoms with Crippen LogP contribution in [0.4, 0.5) is 5.69 Å². The van der Waals surface area contributed by atoms with Gasteiger partial charge in [-0.15, -0.1) is 0 Å². The maximum absolute atomic E-state index is 3.75. The second-order valence-electron chi connectivity index (χ2n) is 11.0. The Morgan fingerprint density at radius 2 is 1.50 bits per heavy atom. The van der Waals surface area contributed by atoms with Gasteiger partial charge in [-0.3, -0.25) is 0 Å². The van der Waals surface area contributed by atoms with E-state index in [0.717, 1.165) is 6.42 Å². The molecule has 0 spiro atoms. The highest BCUT2D eigenvalue weighted by Gasteiger charge is 2.38. The number of hydrogen-bond donors (Lipinski definition) is 1.